The average Bonchev–Trinajstić information content (AvgIpc) is 3.09. The largest absolute Gasteiger partial charge is 0.573 e. The number of hydrogen-bond acceptors (Lipinski definition) is 6. The fourth-order valence-electron chi connectivity index (χ4n) is 3.95. The summed E-state index contributed by atoms with van der Waals surface area (Å²) in [5.41, 5.74) is 4.93. The molecule has 0 radical (unpaired) electrons. The summed E-state index contributed by atoms with van der Waals surface area (Å²) in [6, 6.07) is 12.9. The van der Waals surface area contributed by atoms with Gasteiger partial charge < -0.3 is 15.0 Å². The molecule has 10 heteroatoms. The van der Waals surface area contributed by atoms with Crippen LogP contribution in [0.15, 0.2) is 59.9 Å². The van der Waals surface area contributed by atoms with E-state index in [1.165, 1.54) is 12.1 Å². The number of alkyl halides is 3. The Morgan fingerprint density at radius 3 is 2.58 bits per heavy atom. The summed E-state index contributed by atoms with van der Waals surface area (Å²) in [7, 11) is 0. The van der Waals surface area contributed by atoms with Gasteiger partial charge in [-0.15, -0.1) is 18.3 Å². The van der Waals surface area contributed by atoms with E-state index in [1.807, 2.05) is 24.3 Å². The van der Waals surface area contributed by atoms with E-state index < -0.39 is 12.4 Å². The van der Waals surface area contributed by atoms with Crippen LogP contribution in [0.2, 0.25) is 0 Å². The lowest BCUT2D eigenvalue weighted by Gasteiger charge is -2.20. The van der Waals surface area contributed by atoms with E-state index in [0.29, 0.717) is 11.3 Å². The Kier molecular flexibility index (Phi) is 4.35. The van der Waals surface area contributed by atoms with Crippen molar-refractivity contribution in [3.8, 4) is 16.9 Å². The molecule has 1 unspecified atom stereocenters. The molecular weight excluding hydrogens is 411 g/mol. The molecule has 1 aliphatic heterocycles. The van der Waals surface area contributed by atoms with Crippen molar-refractivity contribution in [3.63, 3.8) is 0 Å². The summed E-state index contributed by atoms with van der Waals surface area (Å²) < 4.78 is 41.5. The number of para-hydroxylation sites is 1. The van der Waals surface area contributed by atoms with Crippen LogP contribution in [0.25, 0.3) is 22.2 Å². The second-order valence-electron chi connectivity index (χ2n) is 7.02. The molecule has 1 atom stereocenters. The number of benzene rings is 2. The molecule has 1 aliphatic rings. The molecule has 0 bridgehead atoms. The van der Waals surface area contributed by atoms with E-state index in [1.54, 1.807) is 18.3 Å². The van der Waals surface area contributed by atoms with E-state index in [-0.39, 0.29) is 12.3 Å². The fraction of sp³-hybridized carbons (Fsp3) is 0.143. The Morgan fingerprint density at radius 2 is 1.84 bits per heavy atom. The average molecular weight is 425 g/mol. The minimum atomic E-state index is -4.76. The quantitative estimate of drug-likeness (QED) is 0.433. The minimum absolute atomic E-state index is 0.134. The minimum Gasteiger partial charge on any atom is -0.406 e. The molecule has 2 aromatic heterocycles. The zero-order chi connectivity index (χ0) is 21.6. The van der Waals surface area contributed by atoms with Crippen LogP contribution >= 0.6 is 0 Å². The maximum atomic E-state index is 12.5. The predicted octanol–water partition coefficient (Wildman–Crippen LogP) is 5.30. The first-order chi connectivity index (χ1) is 14.9. The maximum Gasteiger partial charge on any atom is 0.573 e. The highest BCUT2D eigenvalue weighted by Crippen LogP contribution is 2.44. The van der Waals surface area contributed by atoms with Gasteiger partial charge in [0.1, 0.15) is 12.3 Å². The summed E-state index contributed by atoms with van der Waals surface area (Å²) in [5.74, 6) is -0.296. The van der Waals surface area contributed by atoms with Gasteiger partial charge in [-0.2, -0.15) is 10.0 Å². The number of halogens is 3. The summed E-state index contributed by atoms with van der Waals surface area (Å²) in [5, 5.41) is 15.6. The third-order valence-electron chi connectivity index (χ3n) is 5.17. The van der Waals surface area contributed by atoms with Crippen LogP contribution in [-0.2, 0) is 6.54 Å². The third-order valence-corrected chi connectivity index (χ3v) is 5.17. The fourth-order valence-corrected chi connectivity index (χ4v) is 3.95. The van der Waals surface area contributed by atoms with Gasteiger partial charge in [-0.05, 0) is 23.8 Å². The topological polar surface area (TPSA) is 92.3 Å². The SMILES string of the molecule is O=NCc1nnc2[nH]cc3c2c1-c1ccccc1NC3c1ccc(OC(F)(F)F)cc1. The Morgan fingerprint density at radius 1 is 1.06 bits per heavy atom. The normalized spacial score (nSPS) is 15.1. The number of nitrogens with one attached hydrogen (secondary N) is 2. The standard InChI is InChI=1S/C21H14F3N5O2/c22-21(23,24)31-12-7-5-11(6-8-12)19-14-9-25-20-18(14)17(16(10-26-30)28-29-20)13-3-1-2-4-15(13)27-19/h1-9,19,27H,10H2,(H,25,29). The Balaban J connectivity index is 1.69. The van der Waals surface area contributed by atoms with Crippen molar-refractivity contribution in [1.82, 2.24) is 15.2 Å². The van der Waals surface area contributed by atoms with Gasteiger partial charge in [0.2, 0.25) is 0 Å². The van der Waals surface area contributed by atoms with Crippen molar-refractivity contribution >= 4 is 16.7 Å². The summed E-state index contributed by atoms with van der Waals surface area (Å²) in [4.78, 5) is 14.1. The van der Waals surface area contributed by atoms with E-state index in [0.717, 1.165) is 33.3 Å². The first kappa shape index (κ1) is 19.0. The molecule has 2 aromatic carbocycles. The lowest BCUT2D eigenvalue weighted by atomic mass is 9.96. The van der Waals surface area contributed by atoms with E-state index in [2.05, 4.69) is 30.4 Å². The van der Waals surface area contributed by atoms with Crippen LogP contribution in [0.3, 0.4) is 0 Å². The summed E-state index contributed by atoms with van der Waals surface area (Å²) in [6.07, 6.45) is -2.97. The Bertz CT molecular complexity index is 1280. The number of anilines is 1. The van der Waals surface area contributed by atoms with Crippen molar-refractivity contribution in [2.75, 3.05) is 5.32 Å². The van der Waals surface area contributed by atoms with E-state index in [9.17, 15) is 18.1 Å². The van der Waals surface area contributed by atoms with Gasteiger partial charge in [0, 0.05) is 34.0 Å². The van der Waals surface area contributed by atoms with Gasteiger partial charge in [0.05, 0.1) is 11.7 Å². The lowest BCUT2D eigenvalue weighted by Crippen LogP contribution is -2.17. The van der Waals surface area contributed by atoms with Crippen molar-refractivity contribution in [2.24, 2.45) is 5.18 Å². The zero-order valence-corrected chi connectivity index (χ0v) is 15.8. The molecule has 0 amide bonds. The molecule has 156 valence electrons. The molecule has 0 spiro atoms. The van der Waals surface area contributed by atoms with Crippen molar-refractivity contribution < 1.29 is 17.9 Å². The molecule has 5 rings (SSSR count). The van der Waals surface area contributed by atoms with Crippen LogP contribution in [0, 0.1) is 4.91 Å². The predicted molar refractivity (Wildman–Crippen MR) is 107 cm³/mol. The second kappa shape index (κ2) is 7.08. The Hall–Kier alpha value is -3.95. The van der Waals surface area contributed by atoms with E-state index >= 15 is 0 Å². The molecule has 31 heavy (non-hydrogen) atoms. The molecule has 0 saturated carbocycles. The van der Waals surface area contributed by atoms with Crippen molar-refractivity contribution in [2.45, 2.75) is 18.9 Å². The summed E-state index contributed by atoms with van der Waals surface area (Å²) >= 11 is 0. The van der Waals surface area contributed by atoms with Crippen LogP contribution in [0.4, 0.5) is 18.9 Å². The molecule has 0 fully saturated rings. The highest BCUT2D eigenvalue weighted by molar-refractivity contribution is 6.02. The number of fused-ring (bicyclic) bond motifs is 2. The number of nitroso groups, excluding NO2 is 1. The number of aromatic nitrogens is 3. The smallest absolute Gasteiger partial charge is 0.406 e. The van der Waals surface area contributed by atoms with Gasteiger partial charge in [-0.1, -0.05) is 35.5 Å². The number of aromatic amines is 1. The summed E-state index contributed by atoms with van der Waals surface area (Å²) in [6.45, 7) is -0.134. The van der Waals surface area contributed by atoms with Crippen molar-refractivity contribution in [3.05, 3.63) is 76.5 Å². The second-order valence-corrected chi connectivity index (χ2v) is 7.02. The van der Waals surface area contributed by atoms with Gasteiger partial charge in [0.15, 0.2) is 5.65 Å². The number of ether oxygens (including phenoxy) is 1. The molecular formula is C21H14F3N5O2. The number of hydrogen-bond donors (Lipinski definition) is 2. The molecule has 0 saturated heterocycles. The van der Waals surface area contributed by atoms with Crippen molar-refractivity contribution in [1.29, 1.82) is 0 Å². The molecule has 3 heterocycles. The molecule has 4 aromatic rings. The monoisotopic (exact) mass is 425 g/mol. The third kappa shape index (κ3) is 3.35. The number of rotatable bonds is 4. The first-order valence-corrected chi connectivity index (χ1v) is 9.32. The van der Waals surface area contributed by atoms with Gasteiger partial charge in [-0.25, -0.2) is 0 Å². The maximum absolute atomic E-state index is 12.5. The van der Waals surface area contributed by atoms with Crippen LogP contribution in [-0.4, -0.2) is 21.5 Å². The molecule has 7 nitrogen and oxygen atoms in total. The van der Waals surface area contributed by atoms with Crippen LogP contribution in [0.1, 0.15) is 22.9 Å². The highest BCUT2D eigenvalue weighted by Gasteiger charge is 2.32. The Labute approximate surface area is 173 Å². The lowest BCUT2D eigenvalue weighted by molar-refractivity contribution is -0.274. The van der Waals surface area contributed by atoms with Gasteiger partial charge in [-0.3, -0.25) is 0 Å². The number of nitrogens with zero attached hydrogens (tertiary/aromatic N) is 3. The van der Waals surface area contributed by atoms with Gasteiger partial charge >= 0.3 is 6.36 Å². The van der Waals surface area contributed by atoms with Gasteiger partial charge in [0.25, 0.3) is 0 Å². The number of H-pyrrole nitrogens is 1. The zero-order valence-electron chi connectivity index (χ0n) is 15.8. The van der Waals surface area contributed by atoms with Crippen LogP contribution in [0.5, 0.6) is 5.75 Å². The van der Waals surface area contributed by atoms with E-state index in [4.69, 9.17) is 0 Å². The first-order valence-electron chi connectivity index (χ1n) is 9.32. The van der Waals surface area contributed by atoms with Crippen LogP contribution < -0.4 is 10.1 Å². The molecule has 0 aliphatic carbocycles. The molecule has 2 N–H and O–H groups in total. The highest BCUT2D eigenvalue weighted by atomic mass is 19.4.